The summed E-state index contributed by atoms with van der Waals surface area (Å²) < 4.78 is 5.34. The van der Waals surface area contributed by atoms with Crippen LogP contribution in [0.15, 0.2) is 24.4 Å². The van der Waals surface area contributed by atoms with E-state index in [4.69, 9.17) is 10.5 Å². The minimum Gasteiger partial charge on any atom is -0.497 e. The van der Waals surface area contributed by atoms with Crippen LogP contribution in [0.3, 0.4) is 0 Å². The van der Waals surface area contributed by atoms with Gasteiger partial charge in [-0.3, -0.25) is 4.90 Å². The summed E-state index contributed by atoms with van der Waals surface area (Å²) >= 11 is 1.57. The zero-order valence-electron chi connectivity index (χ0n) is 12.5. The van der Waals surface area contributed by atoms with Crippen LogP contribution in [0.1, 0.15) is 34.9 Å². The van der Waals surface area contributed by atoms with Gasteiger partial charge in [-0.15, -0.1) is 11.3 Å². The molecule has 2 aromatic rings. The molecule has 0 fully saturated rings. The first kappa shape index (κ1) is 14.4. The van der Waals surface area contributed by atoms with Crippen LogP contribution in [0, 0.1) is 0 Å². The van der Waals surface area contributed by atoms with Crippen molar-refractivity contribution in [2.24, 2.45) is 0 Å². The monoisotopic (exact) mass is 303 g/mol. The normalized spacial score (nSPS) is 17.8. The molecule has 0 amide bonds. The number of hydrogen-bond acceptors (Lipinski definition) is 5. The molecule has 1 aliphatic carbocycles. The molecule has 3 rings (SSSR count). The van der Waals surface area contributed by atoms with Crippen LogP contribution in [-0.4, -0.2) is 24.0 Å². The highest BCUT2D eigenvalue weighted by molar-refractivity contribution is 7.15. The molecule has 0 saturated heterocycles. The first-order chi connectivity index (χ1) is 10.2. The average Bonchev–Trinajstić information content (AvgIpc) is 2.91. The van der Waals surface area contributed by atoms with E-state index < -0.39 is 0 Å². The smallest absolute Gasteiger partial charge is 0.180 e. The van der Waals surface area contributed by atoms with E-state index >= 15 is 0 Å². The molecule has 1 unspecified atom stereocenters. The highest BCUT2D eigenvalue weighted by Gasteiger charge is 2.24. The molecular formula is C16H21N3OS. The zero-order chi connectivity index (χ0) is 14.8. The van der Waals surface area contributed by atoms with Gasteiger partial charge in [0.25, 0.3) is 0 Å². The number of benzene rings is 1. The maximum atomic E-state index is 5.72. The number of anilines is 1. The minimum absolute atomic E-state index is 0.461. The molecule has 112 valence electrons. The van der Waals surface area contributed by atoms with Gasteiger partial charge in [-0.05, 0) is 49.6 Å². The van der Waals surface area contributed by atoms with E-state index in [0.29, 0.717) is 11.2 Å². The topological polar surface area (TPSA) is 51.4 Å². The van der Waals surface area contributed by atoms with Gasteiger partial charge in [0, 0.05) is 23.7 Å². The molecule has 1 atom stereocenters. The van der Waals surface area contributed by atoms with Crippen LogP contribution in [0.5, 0.6) is 5.75 Å². The number of methoxy groups -OCH3 is 1. The predicted octanol–water partition coefficient (Wildman–Crippen LogP) is 3.24. The molecule has 2 N–H and O–H groups in total. The van der Waals surface area contributed by atoms with Crippen LogP contribution in [0.25, 0.3) is 0 Å². The number of ether oxygens (including phenoxy) is 1. The number of rotatable bonds is 4. The van der Waals surface area contributed by atoms with Crippen molar-refractivity contribution in [1.29, 1.82) is 0 Å². The molecule has 1 aromatic carbocycles. The summed E-state index contributed by atoms with van der Waals surface area (Å²) in [5.41, 5.74) is 8.57. The fraction of sp³-hybridized carbons (Fsp3) is 0.438. The largest absolute Gasteiger partial charge is 0.497 e. The Morgan fingerprint density at radius 2 is 2.33 bits per heavy atom. The summed E-state index contributed by atoms with van der Waals surface area (Å²) in [6.07, 6.45) is 5.45. The van der Waals surface area contributed by atoms with Crippen LogP contribution < -0.4 is 10.5 Å². The number of hydrogen-bond donors (Lipinski definition) is 1. The number of nitrogens with two attached hydrogens (primary N) is 1. The Balaban J connectivity index is 1.80. The molecule has 0 bridgehead atoms. The average molecular weight is 303 g/mol. The maximum absolute atomic E-state index is 5.72. The van der Waals surface area contributed by atoms with Gasteiger partial charge in [0.05, 0.1) is 7.11 Å². The standard InChI is InChI=1S/C16H21N3OS/c1-19(10-13-9-18-16(17)21-13)15-5-3-4-11-8-12(20-2)6-7-14(11)15/h6-9,15H,3-5,10H2,1-2H3,(H2,17,18). The molecule has 1 heterocycles. The van der Waals surface area contributed by atoms with Gasteiger partial charge in [-0.2, -0.15) is 0 Å². The van der Waals surface area contributed by atoms with Crippen molar-refractivity contribution in [3.05, 3.63) is 40.4 Å². The quantitative estimate of drug-likeness (QED) is 0.942. The summed E-state index contributed by atoms with van der Waals surface area (Å²) in [7, 11) is 3.91. The number of aryl methyl sites for hydroxylation is 1. The summed E-state index contributed by atoms with van der Waals surface area (Å²) in [5.74, 6) is 0.951. The SMILES string of the molecule is COc1ccc2c(c1)CCCC2N(C)Cc1cnc(N)s1. The summed E-state index contributed by atoms with van der Waals surface area (Å²) in [6, 6.07) is 6.92. The molecule has 5 heteroatoms. The molecule has 0 radical (unpaired) electrons. The Hall–Kier alpha value is -1.59. The van der Waals surface area contributed by atoms with E-state index in [1.54, 1.807) is 18.4 Å². The highest BCUT2D eigenvalue weighted by Crippen LogP contribution is 2.36. The van der Waals surface area contributed by atoms with Gasteiger partial charge in [0.15, 0.2) is 5.13 Å². The maximum Gasteiger partial charge on any atom is 0.180 e. The van der Waals surface area contributed by atoms with E-state index in [-0.39, 0.29) is 0 Å². The third kappa shape index (κ3) is 3.04. The van der Waals surface area contributed by atoms with Crippen molar-refractivity contribution in [1.82, 2.24) is 9.88 Å². The van der Waals surface area contributed by atoms with Crippen molar-refractivity contribution in [3.8, 4) is 5.75 Å². The van der Waals surface area contributed by atoms with Crippen LogP contribution in [0.2, 0.25) is 0 Å². The second-order valence-electron chi connectivity index (χ2n) is 5.55. The first-order valence-corrected chi connectivity index (χ1v) is 8.06. The van der Waals surface area contributed by atoms with Gasteiger partial charge in [-0.25, -0.2) is 4.98 Å². The summed E-state index contributed by atoms with van der Waals surface area (Å²) in [4.78, 5) is 7.75. The lowest BCUT2D eigenvalue weighted by Gasteiger charge is -2.33. The number of thiazole rings is 1. The van der Waals surface area contributed by atoms with E-state index in [2.05, 4.69) is 35.1 Å². The van der Waals surface area contributed by atoms with Crippen molar-refractivity contribution >= 4 is 16.5 Å². The third-order valence-electron chi connectivity index (χ3n) is 4.14. The summed E-state index contributed by atoms with van der Waals surface area (Å²) in [6.45, 7) is 0.894. The molecular weight excluding hydrogens is 282 g/mol. The lowest BCUT2D eigenvalue weighted by Crippen LogP contribution is -2.27. The van der Waals surface area contributed by atoms with Gasteiger partial charge in [0.1, 0.15) is 5.75 Å². The van der Waals surface area contributed by atoms with E-state index in [1.165, 1.54) is 28.8 Å². The fourth-order valence-electron chi connectivity index (χ4n) is 3.10. The number of nitrogens with zero attached hydrogens (tertiary/aromatic N) is 2. The number of nitrogen functional groups attached to an aromatic ring is 1. The minimum atomic E-state index is 0.461. The van der Waals surface area contributed by atoms with Crippen molar-refractivity contribution < 1.29 is 4.74 Å². The number of fused-ring (bicyclic) bond motifs is 1. The lowest BCUT2D eigenvalue weighted by atomic mass is 9.87. The van der Waals surface area contributed by atoms with Crippen molar-refractivity contribution in [2.75, 3.05) is 19.9 Å². The van der Waals surface area contributed by atoms with Crippen LogP contribution in [-0.2, 0) is 13.0 Å². The molecule has 0 aliphatic heterocycles. The molecule has 1 aromatic heterocycles. The Morgan fingerprint density at radius 1 is 1.48 bits per heavy atom. The molecule has 4 nitrogen and oxygen atoms in total. The molecule has 21 heavy (non-hydrogen) atoms. The Labute approximate surface area is 129 Å². The van der Waals surface area contributed by atoms with E-state index in [9.17, 15) is 0 Å². The fourth-order valence-corrected chi connectivity index (χ4v) is 3.85. The Morgan fingerprint density at radius 3 is 3.05 bits per heavy atom. The predicted molar refractivity (Wildman–Crippen MR) is 86.7 cm³/mol. The molecule has 0 saturated carbocycles. The van der Waals surface area contributed by atoms with Crippen LogP contribution >= 0.6 is 11.3 Å². The number of aromatic nitrogens is 1. The van der Waals surface area contributed by atoms with Gasteiger partial charge < -0.3 is 10.5 Å². The van der Waals surface area contributed by atoms with E-state index in [1.807, 2.05) is 6.20 Å². The van der Waals surface area contributed by atoms with Gasteiger partial charge in [0.2, 0.25) is 0 Å². The Bertz CT molecular complexity index is 626. The second kappa shape index (κ2) is 6.03. The van der Waals surface area contributed by atoms with Crippen molar-refractivity contribution in [3.63, 3.8) is 0 Å². The van der Waals surface area contributed by atoms with Gasteiger partial charge >= 0.3 is 0 Å². The molecule has 0 spiro atoms. The lowest BCUT2D eigenvalue weighted by molar-refractivity contribution is 0.214. The summed E-state index contributed by atoms with van der Waals surface area (Å²) in [5, 5.41) is 0.646. The molecule has 1 aliphatic rings. The third-order valence-corrected chi connectivity index (χ3v) is 4.95. The van der Waals surface area contributed by atoms with Crippen molar-refractivity contribution in [2.45, 2.75) is 31.8 Å². The second-order valence-corrected chi connectivity index (χ2v) is 6.70. The van der Waals surface area contributed by atoms with Gasteiger partial charge in [-0.1, -0.05) is 6.07 Å². The Kier molecular flexibility index (Phi) is 4.12. The zero-order valence-corrected chi connectivity index (χ0v) is 13.3. The highest BCUT2D eigenvalue weighted by atomic mass is 32.1. The first-order valence-electron chi connectivity index (χ1n) is 7.24. The van der Waals surface area contributed by atoms with E-state index in [0.717, 1.165) is 18.7 Å². The van der Waals surface area contributed by atoms with Crippen LogP contribution in [0.4, 0.5) is 5.13 Å².